The predicted octanol–water partition coefficient (Wildman–Crippen LogP) is 0.0365. The number of hydrogen-bond acceptors (Lipinski definition) is 3. The number of rotatable bonds is 2. The number of hydrogen-bond donors (Lipinski definition) is 1. The van der Waals surface area contributed by atoms with Gasteiger partial charge in [-0.3, -0.25) is 4.79 Å². The number of aromatic nitrogens is 1. The van der Waals surface area contributed by atoms with E-state index in [-0.39, 0.29) is 46.6 Å². The quantitative estimate of drug-likeness (QED) is 0.118. The third-order valence-electron chi connectivity index (χ3n) is 5.60. The molecule has 3 aromatic carbocycles. The molecule has 1 aromatic heterocycles. The summed E-state index contributed by atoms with van der Waals surface area (Å²) in [6.07, 6.45) is 3.05. The zero-order valence-electron chi connectivity index (χ0n) is 19.1. The molecule has 1 radical (unpaired) electrons. The van der Waals surface area contributed by atoms with E-state index in [2.05, 4.69) is 77.8 Å². The van der Waals surface area contributed by atoms with E-state index in [9.17, 15) is 4.79 Å². The maximum absolute atomic E-state index is 10.0. The first kappa shape index (κ1) is 25.9. The van der Waals surface area contributed by atoms with Gasteiger partial charge < -0.3 is 5.11 Å². The van der Waals surface area contributed by atoms with Gasteiger partial charge in [0, 0.05) is 26.2 Å². The molecule has 175 valence electrons. The molecule has 0 saturated carbocycles. The standard InChI is InChI=1S/C23H13BNSe2.C5H8O2.Ir/c1-3-10-19-16(7-1)24-17-8-2-4-11-20(17)27-23-15(18-9-5-6-14-25-18)12-13-21(26-19)22(23)24;1-4(6)3-5(2)7;/h1-11,13-14H;3,6H,1-2H3;/q-1;;/b;4-3-;. The van der Waals surface area contributed by atoms with Crippen molar-refractivity contribution in [2.24, 2.45) is 0 Å². The summed E-state index contributed by atoms with van der Waals surface area (Å²) in [4.78, 5) is 14.7. The second kappa shape index (κ2) is 11.2. The van der Waals surface area contributed by atoms with Crippen LogP contribution in [-0.4, -0.2) is 52.5 Å². The van der Waals surface area contributed by atoms with Crippen LogP contribution < -0.4 is 34.2 Å². The van der Waals surface area contributed by atoms with Gasteiger partial charge in [-0.1, -0.05) is 0 Å². The van der Waals surface area contributed by atoms with E-state index in [1.54, 1.807) is 5.46 Å². The molecule has 0 bridgehead atoms. The first-order valence-electron chi connectivity index (χ1n) is 10.9. The van der Waals surface area contributed by atoms with Crippen LogP contribution in [0.25, 0.3) is 11.3 Å². The predicted molar refractivity (Wildman–Crippen MR) is 143 cm³/mol. The van der Waals surface area contributed by atoms with Crippen molar-refractivity contribution in [2.45, 2.75) is 13.8 Å². The molecule has 0 unspecified atom stereocenters. The summed E-state index contributed by atoms with van der Waals surface area (Å²) in [5.41, 5.74) is 6.78. The molecule has 0 spiro atoms. The van der Waals surface area contributed by atoms with Crippen LogP contribution in [0, 0.1) is 6.07 Å². The van der Waals surface area contributed by atoms with Crippen LogP contribution in [0.5, 0.6) is 0 Å². The summed E-state index contributed by atoms with van der Waals surface area (Å²) in [5, 5.41) is 8.36. The van der Waals surface area contributed by atoms with Crippen LogP contribution >= 0.6 is 0 Å². The molecule has 0 amide bonds. The number of ketones is 1. The fraction of sp³-hybridized carbons (Fsp3) is 0.0714. The number of aliphatic hydroxyl groups is 1. The summed E-state index contributed by atoms with van der Waals surface area (Å²) in [5.74, 6) is -0.0625. The fourth-order valence-corrected chi connectivity index (χ4v) is 9.70. The van der Waals surface area contributed by atoms with Gasteiger partial charge in [0.05, 0.1) is 5.76 Å². The number of fused-ring (bicyclic) bond motifs is 4. The number of benzene rings is 3. The van der Waals surface area contributed by atoms with Crippen molar-refractivity contribution in [1.82, 2.24) is 4.98 Å². The van der Waals surface area contributed by atoms with Gasteiger partial charge in [0.25, 0.3) is 0 Å². The molecule has 2 aliphatic heterocycles. The minimum atomic E-state index is -0.125. The van der Waals surface area contributed by atoms with Crippen LogP contribution in [0.2, 0.25) is 0 Å². The SMILES string of the molecule is CC(=O)/C=C(/C)O.[Ir].[c-]1cc2c3c(c1-c1ccccn1)[Se]c1ccccc1B3c1ccccc1[Se]2. The number of aliphatic hydroxyl groups excluding tert-OH is 1. The third-order valence-corrected chi connectivity index (χ3v) is 10.6. The fourth-order valence-electron chi connectivity index (χ4n) is 4.32. The summed E-state index contributed by atoms with van der Waals surface area (Å²) in [6.45, 7) is 3.20. The van der Waals surface area contributed by atoms with E-state index in [0.29, 0.717) is 21.7 Å². The Morgan fingerprint density at radius 1 is 0.914 bits per heavy atom. The molecule has 2 aliphatic rings. The molecule has 7 heteroatoms. The molecule has 0 atom stereocenters. The monoisotopic (exact) mass is 767 g/mol. The minimum absolute atomic E-state index is 0. The van der Waals surface area contributed by atoms with Crippen LogP contribution in [0.15, 0.2) is 90.8 Å². The number of nitrogens with zero attached hydrogens (tertiary/aromatic N) is 1. The molecule has 0 fully saturated rings. The maximum atomic E-state index is 10.0. The van der Waals surface area contributed by atoms with E-state index in [4.69, 9.17) is 5.11 Å². The number of carbonyl (C=O) groups is 1. The Hall–Kier alpha value is -2.23. The second-order valence-corrected chi connectivity index (χ2v) is 12.6. The normalized spacial score (nSPS) is 12.7. The zero-order chi connectivity index (χ0) is 23.7. The van der Waals surface area contributed by atoms with E-state index >= 15 is 0 Å². The summed E-state index contributed by atoms with van der Waals surface area (Å²) < 4.78 is 5.99. The van der Waals surface area contributed by atoms with Crippen LogP contribution in [0.1, 0.15) is 13.8 Å². The van der Waals surface area contributed by atoms with Gasteiger partial charge in [-0.05, 0) is 13.8 Å². The molecule has 6 rings (SSSR count). The molecule has 3 heterocycles. The van der Waals surface area contributed by atoms with Crippen LogP contribution in [-0.2, 0) is 24.9 Å². The molecule has 35 heavy (non-hydrogen) atoms. The number of allylic oxidation sites excluding steroid dienone is 2. The zero-order valence-corrected chi connectivity index (χ0v) is 24.9. The number of pyridine rings is 1. The first-order chi connectivity index (χ1) is 16.5. The second-order valence-electron chi connectivity index (χ2n) is 8.09. The van der Waals surface area contributed by atoms with Crippen molar-refractivity contribution in [3.63, 3.8) is 0 Å². The van der Waals surface area contributed by atoms with Gasteiger partial charge in [-0.2, -0.15) is 0 Å². The van der Waals surface area contributed by atoms with Crippen molar-refractivity contribution >= 4 is 76.6 Å². The Balaban J connectivity index is 0.000000320. The molecule has 3 nitrogen and oxygen atoms in total. The molecular weight excluding hydrogens is 743 g/mol. The average molecular weight is 764 g/mol. The Kier molecular flexibility index (Phi) is 8.29. The van der Waals surface area contributed by atoms with Gasteiger partial charge in [0.15, 0.2) is 5.78 Å². The van der Waals surface area contributed by atoms with E-state index < -0.39 is 0 Å². The summed E-state index contributed by atoms with van der Waals surface area (Å²) in [6, 6.07) is 30.1. The molecule has 0 aliphatic carbocycles. The van der Waals surface area contributed by atoms with Crippen molar-refractivity contribution in [3.05, 3.63) is 96.9 Å². The Bertz CT molecular complexity index is 1410. The van der Waals surface area contributed by atoms with Crippen molar-refractivity contribution in [1.29, 1.82) is 0 Å². The van der Waals surface area contributed by atoms with Crippen molar-refractivity contribution < 1.29 is 30.0 Å². The number of carbonyl (C=O) groups excluding carboxylic acids is 1. The van der Waals surface area contributed by atoms with E-state index in [1.165, 1.54) is 54.3 Å². The Morgan fingerprint density at radius 2 is 1.54 bits per heavy atom. The van der Waals surface area contributed by atoms with Crippen molar-refractivity contribution in [2.75, 3.05) is 0 Å². The molecule has 1 N–H and O–H groups in total. The average Bonchev–Trinajstić information content (AvgIpc) is 2.84. The molecule has 4 aromatic rings. The molecule has 0 saturated heterocycles. The van der Waals surface area contributed by atoms with Crippen LogP contribution in [0.4, 0.5) is 0 Å². The Morgan fingerprint density at radius 3 is 2.11 bits per heavy atom. The first-order valence-corrected chi connectivity index (χ1v) is 14.4. The van der Waals surface area contributed by atoms with E-state index in [0.717, 1.165) is 5.69 Å². The van der Waals surface area contributed by atoms with Gasteiger partial charge in [-0.25, -0.2) is 0 Å². The van der Waals surface area contributed by atoms with Gasteiger partial charge >= 0.3 is 172 Å². The van der Waals surface area contributed by atoms with E-state index in [1.807, 2.05) is 12.3 Å². The Labute approximate surface area is 232 Å². The molecular formula is C28H21BIrNO2Se2-. The topological polar surface area (TPSA) is 50.2 Å². The van der Waals surface area contributed by atoms with Crippen LogP contribution in [0.3, 0.4) is 0 Å². The van der Waals surface area contributed by atoms with Gasteiger partial charge in [0.2, 0.25) is 0 Å². The summed E-state index contributed by atoms with van der Waals surface area (Å²) >= 11 is 0.628. The third kappa shape index (κ3) is 5.32. The van der Waals surface area contributed by atoms with Gasteiger partial charge in [0.1, 0.15) is 0 Å². The van der Waals surface area contributed by atoms with Crippen molar-refractivity contribution in [3.8, 4) is 11.3 Å². The summed E-state index contributed by atoms with van der Waals surface area (Å²) in [7, 11) is 0. The van der Waals surface area contributed by atoms with Gasteiger partial charge in [-0.15, -0.1) is 0 Å².